The van der Waals surface area contributed by atoms with Gasteiger partial charge in [-0.05, 0) is 26.0 Å². The lowest BCUT2D eigenvalue weighted by molar-refractivity contribution is -0.120. The fourth-order valence-electron chi connectivity index (χ4n) is 1.43. The van der Waals surface area contributed by atoms with E-state index in [1.807, 2.05) is 13.0 Å². The third-order valence-corrected chi connectivity index (χ3v) is 2.29. The van der Waals surface area contributed by atoms with Crippen molar-refractivity contribution in [1.82, 2.24) is 0 Å². The highest BCUT2D eigenvalue weighted by atomic mass is 16.5. The van der Waals surface area contributed by atoms with Crippen molar-refractivity contribution in [3.63, 3.8) is 0 Å². The lowest BCUT2D eigenvalue weighted by Crippen LogP contribution is -2.20. The molecule has 0 saturated carbocycles. The van der Waals surface area contributed by atoms with Gasteiger partial charge >= 0.3 is 5.97 Å². The van der Waals surface area contributed by atoms with E-state index in [2.05, 4.69) is 10.1 Å². The Kier molecular flexibility index (Phi) is 5.32. The zero-order valence-electron chi connectivity index (χ0n) is 10.8. The Labute approximate surface area is 106 Å². The maximum atomic E-state index is 11.6. The second-order valence-corrected chi connectivity index (χ2v) is 3.73. The summed E-state index contributed by atoms with van der Waals surface area (Å²) in [4.78, 5) is 23.1. The van der Waals surface area contributed by atoms with Gasteiger partial charge in [0, 0.05) is 6.61 Å². The number of hydrogen-bond donors (Lipinski definition) is 1. The molecule has 0 bridgehead atoms. The standard InChI is InChI=1S/C13H17NO4/c1-4-18-8-12(15)14-11-6-5-9(2)7-10(11)13(16)17-3/h5-7H,4,8H2,1-3H3,(H,14,15). The Balaban J connectivity index is 2.87. The average molecular weight is 251 g/mol. The van der Waals surface area contributed by atoms with E-state index in [1.165, 1.54) is 7.11 Å². The van der Waals surface area contributed by atoms with Crippen LogP contribution in [-0.2, 0) is 14.3 Å². The van der Waals surface area contributed by atoms with E-state index in [4.69, 9.17) is 4.74 Å². The molecule has 0 unspecified atom stereocenters. The van der Waals surface area contributed by atoms with Crippen molar-refractivity contribution in [1.29, 1.82) is 0 Å². The van der Waals surface area contributed by atoms with E-state index in [0.29, 0.717) is 17.9 Å². The summed E-state index contributed by atoms with van der Waals surface area (Å²) in [5.74, 6) is -0.781. The minimum Gasteiger partial charge on any atom is -0.465 e. The molecule has 0 aromatic heterocycles. The number of nitrogens with one attached hydrogen (secondary N) is 1. The highest BCUT2D eigenvalue weighted by Crippen LogP contribution is 2.18. The molecule has 0 aliphatic heterocycles. The molecular formula is C13H17NO4. The van der Waals surface area contributed by atoms with Crippen molar-refractivity contribution in [2.75, 3.05) is 25.6 Å². The number of hydrogen-bond acceptors (Lipinski definition) is 4. The van der Waals surface area contributed by atoms with Gasteiger partial charge in [0.05, 0.1) is 18.4 Å². The normalized spacial score (nSPS) is 9.94. The van der Waals surface area contributed by atoms with Crippen LogP contribution in [0.4, 0.5) is 5.69 Å². The average Bonchev–Trinajstić information content (AvgIpc) is 2.37. The Morgan fingerprint density at radius 3 is 2.67 bits per heavy atom. The van der Waals surface area contributed by atoms with Crippen molar-refractivity contribution < 1.29 is 19.1 Å². The first kappa shape index (κ1) is 14.2. The SMILES string of the molecule is CCOCC(=O)Nc1ccc(C)cc1C(=O)OC. The Hall–Kier alpha value is -1.88. The largest absolute Gasteiger partial charge is 0.465 e. The molecule has 1 rings (SSSR count). The van der Waals surface area contributed by atoms with Crippen molar-refractivity contribution >= 4 is 17.6 Å². The summed E-state index contributed by atoms with van der Waals surface area (Å²) in [6.07, 6.45) is 0. The van der Waals surface area contributed by atoms with Gasteiger partial charge in [-0.2, -0.15) is 0 Å². The molecule has 0 fully saturated rings. The number of amides is 1. The Morgan fingerprint density at radius 2 is 2.06 bits per heavy atom. The summed E-state index contributed by atoms with van der Waals surface area (Å²) >= 11 is 0. The van der Waals surface area contributed by atoms with Crippen molar-refractivity contribution in [3.8, 4) is 0 Å². The highest BCUT2D eigenvalue weighted by molar-refractivity contribution is 6.01. The maximum Gasteiger partial charge on any atom is 0.339 e. The van der Waals surface area contributed by atoms with Crippen LogP contribution in [0.25, 0.3) is 0 Å². The third-order valence-electron chi connectivity index (χ3n) is 2.29. The second-order valence-electron chi connectivity index (χ2n) is 3.73. The topological polar surface area (TPSA) is 64.6 Å². The lowest BCUT2D eigenvalue weighted by Gasteiger charge is -2.10. The smallest absolute Gasteiger partial charge is 0.339 e. The van der Waals surface area contributed by atoms with Gasteiger partial charge in [-0.15, -0.1) is 0 Å². The number of carbonyl (C=O) groups is 2. The minimum atomic E-state index is -0.481. The molecular weight excluding hydrogens is 234 g/mol. The van der Waals surface area contributed by atoms with Crippen LogP contribution in [-0.4, -0.2) is 32.2 Å². The molecule has 98 valence electrons. The van der Waals surface area contributed by atoms with Crippen molar-refractivity contribution in [2.45, 2.75) is 13.8 Å². The maximum absolute atomic E-state index is 11.6. The fraction of sp³-hybridized carbons (Fsp3) is 0.385. The molecule has 18 heavy (non-hydrogen) atoms. The predicted molar refractivity (Wildman–Crippen MR) is 67.6 cm³/mol. The lowest BCUT2D eigenvalue weighted by atomic mass is 10.1. The predicted octanol–water partition coefficient (Wildman–Crippen LogP) is 1.76. The molecule has 0 atom stereocenters. The van der Waals surface area contributed by atoms with Gasteiger partial charge in [-0.3, -0.25) is 4.79 Å². The molecule has 0 spiro atoms. The summed E-state index contributed by atoms with van der Waals surface area (Å²) in [5, 5.41) is 2.62. The van der Waals surface area contributed by atoms with Gasteiger partial charge in [0.25, 0.3) is 0 Å². The van der Waals surface area contributed by atoms with Gasteiger partial charge in [0.2, 0.25) is 5.91 Å². The summed E-state index contributed by atoms with van der Waals surface area (Å²) in [6, 6.07) is 5.15. The Bertz CT molecular complexity index is 443. The van der Waals surface area contributed by atoms with Gasteiger partial charge in [-0.25, -0.2) is 4.79 Å². The first-order chi connectivity index (χ1) is 8.58. The molecule has 0 aliphatic carbocycles. The number of aryl methyl sites for hydroxylation is 1. The van der Waals surface area contributed by atoms with Crippen LogP contribution in [0, 0.1) is 6.92 Å². The highest BCUT2D eigenvalue weighted by Gasteiger charge is 2.14. The number of rotatable bonds is 5. The second kappa shape index (κ2) is 6.76. The molecule has 5 nitrogen and oxygen atoms in total. The van der Waals surface area contributed by atoms with Crippen LogP contribution >= 0.6 is 0 Å². The van der Waals surface area contributed by atoms with Gasteiger partial charge in [0.15, 0.2) is 0 Å². The van der Waals surface area contributed by atoms with E-state index < -0.39 is 5.97 Å². The van der Waals surface area contributed by atoms with Crippen LogP contribution < -0.4 is 5.32 Å². The molecule has 5 heteroatoms. The third kappa shape index (κ3) is 3.85. The molecule has 1 N–H and O–H groups in total. The first-order valence-corrected chi connectivity index (χ1v) is 5.65. The number of methoxy groups -OCH3 is 1. The zero-order valence-corrected chi connectivity index (χ0v) is 10.8. The molecule has 0 saturated heterocycles. The molecule has 0 radical (unpaired) electrons. The molecule has 1 aromatic rings. The minimum absolute atomic E-state index is 0.0367. The van der Waals surface area contributed by atoms with Crippen LogP contribution in [0.15, 0.2) is 18.2 Å². The van der Waals surface area contributed by atoms with Gasteiger partial charge in [-0.1, -0.05) is 11.6 Å². The fourth-order valence-corrected chi connectivity index (χ4v) is 1.43. The monoisotopic (exact) mass is 251 g/mol. The van der Waals surface area contributed by atoms with Crippen LogP contribution in [0.5, 0.6) is 0 Å². The summed E-state index contributed by atoms with van der Waals surface area (Å²) in [6.45, 7) is 4.09. The first-order valence-electron chi connectivity index (χ1n) is 5.65. The van der Waals surface area contributed by atoms with Crippen LogP contribution in [0.2, 0.25) is 0 Å². The van der Waals surface area contributed by atoms with Gasteiger partial charge < -0.3 is 14.8 Å². The summed E-state index contributed by atoms with van der Waals surface area (Å²) < 4.78 is 9.66. The van der Waals surface area contributed by atoms with E-state index in [1.54, 1.807) is 19.1 Å². The van der Waals surface area contributed by atoms with Crippen LogP contribution in [0.3, 0.4) is 0 Å². The number of ether oxygens (including phenoxy) is 2. The van der Waals surface area contributed by atoms with E-state index in [0.717, 1.165) is 5.56 Å². The Morgan fingerprint density at radius 1 is 1.33 bits per heavy atom. The van der Waals surface area contributed by atoms with E-state index in [-0.39, 0.29) is 12.5 Å². The van der Waals surface area contributed by atoms with Crippen molar-refractivity contribution in [3.05, 3.63) is 29.3 Å². The van der Waals surface area contributed by atoms with E-state index >= 15 is 0 Å². The molecule has 0 aliphatic rings. The molecule has 1 aromatic carbocycles. The summed E-state index contributed by atoms with van der Waals surface area (Å²) in [7, 11) is 1.30. The number of benzene rings is 1. The van der Waals surface area contributed by atoms with Gasteiger partial charge in [0.1, 0.15) is 6.61 Å². The summed E-state index contributed by atoms with van der Waals surface area (Å²) in [5.41, 5.74) is 1.68. The van der Waals surface area contributed by atoms with Crippen LogP contribution in [0.1, 0.15) is 22.8 Å². The molecule has 1 amide bonds. The van der Waals surface area contributed by atoms with E-state index in [9.17, 15) is 9.59 Å². The van der Waals surface area contributed by atoms with Crippen molar-refractivity contribution in [2.24, 2.45) is 0 Å². The zero-order chi connectivity index (χ0) is 13.5. The number of carbonyl (C=O) groups excluding carboxylic acids is 2. The molecule has 0 heterocycles. The quantitative estimate of drug-likeness (QED) is 0.810. The number of anilines is 1. The number of esters is 1.